The zero-order valence-electron chi connectivity index (χ0n) is 13.6. The molecule has 1 N–H and O–H groups in total. The molecule has 0 aliphatic rings. The fourth-order valence-electron chi connectivity index (χ4n) is 2.55. The summed E-state index contributed by atoms with van der Waals surface area (Å²) in [4.78, 5) is 17.0. The van der Waals surface area contributed by atoms with E-state index in [0.717, 1.165) is 17.1 Å². The molecule has 0 saturated heterocycles. The second kappa shape index (κ2) is 7.00. The molecule has 0 unspecified atom stereocenters. The SMILES string of the molecule is COc1ccc([C@@H](NC(=O)c2ccccc2)c2nccn2C)cc1. The van der Waals surface area contributed by atoms with Crippen LogP contribution in [0.1, 0.15) is 27.8 Å². The molecule has 3 rings (SSSR count). The van der Waals surface area contributed by atoms with E-state index in [9.17, 15) is 4.79 Å². The number of aromatic nitrogens is 2. The van der Waals surface area contributed by atoms with Crippen LogP contribution in [0.4, 0.5) is 0 Å². The van der Waals surface area contributed by atoms with Crippen LogP contribution in [0.3, 0.4) is 0 Å². The quantitative estimate of drug-likeness (QED) is 0.786. The van der Waals surface area contributed by atoms with Gasteiger partial charge in [0.1, 0.15) is 17.6 Å². The standard InChI is InChI=1S/C19H19N3O2/c1-22-13-12-20-18(22)17(14-8-10-16(24-2)11-9-14)21-19(23)15-6-4-3-5-7-15/h3-13,17H,1-2H3,(H,21,23)/t17-/m1/s1. The monoisotopic (exact) mass is 321 g/mol. The number of nitrogens with zero attached hydrogens (tertiary/aromatic N) is 2. The number of carbonyl (C=O) groups is 1. The van der Waals surface area contributed by atoms with Crippen LogP contribution in [0.5, 0.6) is 5.75 Å². The van der Waals surface area contributed by atoms with Crippen LogP contribution >= 0.6 is 0 Å². The molecule has 0 fully saturated rings. The second-order valence-corrected chi connectivity index (χ2v) is 5.44. The summed E-state index contributed by atoms with van der Waals surface area (Å²) in [5.74, 6) is 1.40. The number of imidazole rings is 1. The highest BCUT2D eigenvalue weighted by Gasteiger charge is 2.21. The molecular formula is C19H19N3O2. The lowest BCUT2D eigenvalue weighted by atomic mass is 10.0. The van der Waals surface area contributed by atoms with Crippen molar-refractivity contribution in [3.8, 4) is 5.75 Å². The van der Waals surface area contributed by atoms with Crippen molar-refractivity contribution in [2.75, 3.05) is 7.11 Å². The number of benzene rings is 2. The molecule has 5 heteroatoms. The molecule has 0 aliphatic carbocycles. The Hall–Kier alpha value is -3.08. The highest BCUT2D eigenvalue weighted by atomic mass is 16.5. The Bertz CT molecular complexity index is 810. The van der Waals surface area contributed by atoms with E-state index < -0.39 is 0 Å². The number of nitrogens with one attached hydrogen (secondary N) is 1. The third kappa shape index (κ3) is 3.30. The highest BCUT2D eigenvalue weighted by Crippen LogP contribution is 2.23. The van der Waals surface area contributed by atoms with E-state index in [1.165, 1.54) is 0 Å². The van der Waals surface area contributed by atoms with Crippen LogP contribution in [-0.4, -0.2) is 22.6 Å². The third-order valence-corrected chi connectivity index (χ3v) is 3.88. The first kappa shape index (κ1) is 15.8. The zero-order valence-corrected chi connectivity index (χ0v) is 13.6. The minimum absolute atomic E-state index is 0.139. The Morgan fingerprint density at radius 2 is 1.83 bits per heavy atom. The summed E-state index contributed by atoms with van der Waals surface area (Å²) >= 11 is 0. The van der Waals surface area contributed by atoms with E-state index >= 15 is 0 Å². The van der Waals surface area contributed by atoms with Gasteiger partial charge in [0.15, 0.2) is 0 Å². The average molecular weight is 321 g/mol. The second-order valence-electron chi connectivity index (χ2n) is 5.44. The predicted molar refractivity (Wildman–Crippen MR) is 92.0 cm³/mol. The Kier molecular flexibility index (Phi) is 4.61. The molecule has 0 radical (unpaired) electrons. The number of hydrogen-bond donors (Lipinski definition) is 1. The lowest BCUT2D eigenvalue weighted by Crippen LogP contribution is -2.31. The van der Waals surface area contributed by atoms with E-state index in [0.29, 0.717) is 5.56 Å². The maximum atomic E-state index is 12.6. The van der Waals surface area contributed by atoms with Crippen molar-refractivity contribution >= 4 is 5.91 Å². The molecule has 2 aromatic carbocycles. The van der Waals surface area contributed by atoms with Gasteiger partial charge in [0.05, 0.1) is 7.11 Å². The third-order valence-electron chi connectivity index (χ3n) is 3.88. The highest BCUT2D eigenvalue weighted by molar-refractivity contribution is 5.94. The van der Waals surface area contributed by atoms with Gasteiger partial charge in [-0.25, -0.2) is 4.98 Å². The Morgan fingerprint density at radius 1 is 1.12 bits per heavy atom. The Balaban J connectivity index is 1.93. The molecule has 5 nitrogen and oxygen atoms in total. The smallest absolute Gasteiger partial charge is 0.252 e. The summed E-state index contributed by atoms with van der Waals surface area (Å²) < 4.78 is 7.11. The van der Waals surface area contributed by atoms with Crippen molar-refractivity contribution in [2.45, 2.75) is 6.04 Å². The van der Waals surface area contributed by atoms with E-state index in [1.54, 1.807) is 25.4 Å². The zero-order chi connectivity index (χ0) is 16.9. The van der Waals surface area contributed by atoms with E-state index in [4.69, 9.17) is 4.74 Å². The van der Waals surface area contributed by atoms with Gasteiger partial charge >= 0.3 is 0 Å². The molecule has 0 spiro atoms. The molecule has 1 aromatic heterocycles. The van der Waals surface area contributed by atoms with E-state index in [-0.39, 0.29) is 11.9 Å². The topological polar surface area (TPSA) is 56.1 Å². The molecule has 0 bridgehead atoms. The van der Waals surface area contributed by atoms with Crippen LogP contribution < -0.4 is 10.1 Å². The van der Waals surface area contributed by atoms with Gasteiger partial charge in [0, 0.05) is 25.0 Å². The van der Waals surface area contributed by atoms with Gasteiger partial charge < -0.3 is 14.6 Å². The molecule has 0 saturated carbocycles. The number of carbonyl (C=O) groups excluding carboxylic acids is 1. The minimum Gasteiger partial charge on any atom is -0.497 e. The molecule has 1 atom stereocenters. The van der Waals surface area contributed by atoms with Gasteiger partial charge in [-0.3, -0.25) is 4.79 Å². The average Bonchev–Trinajstić information content (AvgIpc) is 3.06. The fourth-order valence-corrected chi connectivity index (χ4v) is 2.55. The van der Waals surface area contributed by atoms with Crippen LogP contribution in [-0.2, 0) is 7.05 Å². The first-order chi connectivity index (χ1) is 11.7. The Labute approximate surface area is 140 Å². The number of aryl methyl sites for hydroxylation is 1. The van der Waals surface area contributed by atoms with E-state index in [1.807, 2.05) is 60.3 Å². The molecule has 0 aliphatic heterocycles. The summed E-state index contributed by atoms with van der Waals surface area (Å²) in [6, 6.07) is 16.4. The lowest BCUT2D eigenvalue weighted by molar-refractivity contribution is 0.0941. The number of methoxy groups -OCH3 is 1. The summed E-state index contributed by atoms with van der Waals surface area (Å²) in [6.45, 7) is 0. The van der Waals surface area contributed by atoms with Crippen LogP contribution in [0.2, 0.25) is 0 Å². The Morgan fingerprint density at radius 3 is 2.42 bits per heavy atom. The van der Waals surface area contributed by atoms with Crippen molar-refractivity contribution in [1.82, 2.24) is 14.9 Å². The molecule has 24 heavy (non-hydrogen) atoms. The van der Waals surface area contributed by atoms with Crippen LogP contribution in [0, 0.1) is 0 Å². The van der Waals surface area contributed by atoms with Crippen molar-refractivity contribution in [3.05, 3.63) is 83.9 Å². The first-order valence-corrected chi connectivity index (χ1v) is 7.66. The predicted octanol–water partition coefficient (Wildman–Crippen LogP) is 2.95. The normalized spacial score (nSPS) is 11.8. The summed E-state index contributed by atoms with van der Waals surface area (Å²) in [7, 11) is 3.54. The maximum absolute atomic E-state index is 12.6. The van der Waals surface area contributed by atoms with Crippen molar-refractivity contribution in [2.24, 2.45) is 7.05 Å². The molecular weight excluding hydrogens is 302 g/mol. The summed E-state index contributed by atoms with van der Waals surface area (Å²) in [5.41, 5.74) is 1.56. The number of hydrogen-bond acceptors (Lipinski definition) is 3. The molecule has 122 valence electrons. The van der Waals surface area contributed by atoms with Gasteiger partial charge in [-0.15, -0.1) is 0 Å². The first-order valence-electron chi connectivity index (χ1n) is 7.66. The maximum Gasteiger partial charge on any atom is 0.252 e. The van der Waals surface area contributed by atoms with Gasteiger partial charge in [-0.1, -0.05) is 30.3 Å². The molecule has 1 heterocycles. The number of rotatable bonds is 5. The molecule has 3 aromatic rings. The van der Waals surface area contributed by atoms with Gasteiger partial charge in [0.2, 0.25) is 0 Å². The van der Waals surface area contributed by atoms with Crippen molar-refractivity contribution in [3.63, 3.8) is 0 Å². The van der Waals surface area contributed by atoms with Gasteiger partial charge in [-0.2, -0.15) is 0 Å². The number of amides is 1. The minimum atomic E-state index is -0.344. The fraction of sp³-hybridized carbons (Fsp3) is 0.158. The van der Waals surface area contributed by atoms with Crippen LogP contribution in [0.15, 0.2) is 67.0 Å². The largest absolute Gasteiger partial charge is 0.497 e. The van der Waals surface area contributed by atoms with Gasteiger partial charge in [-0.05, 0) is 29.8 Å². The van der Waals surface area contributed by atoms with E-state index in [2.05, 4.69) is 10.3 Å². The van der Waals surface area contributed by atoms with Crippen LogP contribution in [0.25, 0.3) is 0 Å². The summed E-state index contributed by atoms with van der Waals surface area (Å²) in [5, 5.41) is 3.07. The molecule has 1 amide bonds. The van der Waals surface area contributed by atoms with Crippen molar-refractivity contribution in [1.29, 1.82) is 0 Å². The van der Waals surface area contributed by atoms with Crippen molar-refractivity contribution < 1.29 is 9.53 Å². The summed E-state index contributed by atoms with van der Waals surface area (Å²) in [6.07, 6.45) is 3.58. The lowest BCUT2D eigenvalue weighted by Gasteiger charge is -2.19. The van der Waals surface area contributed by atoms with Gasteiger partial charge in [0.25, 0.3) is 5.91 Å². The number of ether oxygens (including phenoxy) is 1.